The van der Waals surface area contributed by atoms with Crippen LogP contribution in [0.15, 0.2) is 21.7 Å². The lowest BCUT2D eigenvalue weighted by atomic mass is 9.94. The molecular weight excluding hydrogens is 344 g/mol. The monoisotopic (exact) mass is 364 g/mol. The molecule has 2 aromatic rings. The van der Waals surface area contributed by atoms with Crippen LogP contribution in [0.2, 0.25) is 0 Å². The second-order valence-corrected chi connectivity index (χ2v) is 8.10. The van der Waals surface area contributed by atoms with Crippen LogP contribution in [0, 0.1) is 0 Å². The fourth-order valence-corrected chi connectivity index (χ4v) is 4.30. The van der Waals surface area contributed by atoms with E-state index >= 15 is 0 Å². The predicted octanol–water partition coefficient (Wildman–Crippen LogP) is 1.74. The van der Waals surface area contributed by atoms with Gasteiger partial charge in [0, 0.05) is 17.8 Å². The molecule has 3 heterocycles. The van der Waals surface area contributed by atoms with E-state index in [-0.39, 0.29) is 6.54 Å². The van der Waals surface area contributed by atoms with E-state index in [1.165, 1.54) is 15.9 Å². The number of allylic oxidation sites excluding steroid dienone is 1. The zero-order valence-corrected chi connectivity index (χ0v) is 15.2. The van der Waals surface area contributed by atoms with E-state index in [2.05, 4.69) is 6.58 Å². The molecule has 3 rings (SSSR count). The molecule has 134 valence electrons. The summed E-state index contributed by atoms with van der Waals surface area (Å²) in [4.78, 5) is 38.2. The van der Waals surface area contributed by atoms with Gasteiger partial charge in [0.1, 0.15) is 11.4 Å². The Morgan fingerprint density at radius 1 is 1.32 bits per heavy atom. The van der Waals surface area contributed by atoms with Gasteiger partial charge in [0.2, 0.25) is 0 Å². The Labute approximate surface area is 147 Å². The molecule has 0 aromatic carbocycles. The van der Waals surface area contributed by atoms with Gasteiger partial charge in [0.15, 0.2) is 0 Å². The second-order valence-electron chi connectivity index (χ2n) is 7.02. The number of hydrogen-bond donors (Lipinski definition) is 1. The minimum absolute atomic E-state index is 0.235. The summed E-state index contributed by atoms with van der Waals surface area (Å²) in [5.41, 5.74) is 0.0142. The largest absolute Gasteiger partial charge is 0.480 e. The Morgan fingerprint density at radius 3 is 2.60 bits per heavy atom. The van der Waals surface area contributed by atoms with Gasteiger partial charge in [-0.15, -0.1) is 11.3 Å². The number of aromatic nitrogens is 2. The fourth-order valence-electron chi connectivity index (χ4n) is 3.09. The van der Waals surface area contributed by atoms with Crippen LogP contribution in [0.5, 0.6) is 0 Å². The van der Waals surface area contributed by atoms with Crippen LogP contribution in [-0.2, 0) is 35.6 Å². The van der Waals surface area contributed by atoms with Crippen molar-refractivity contribution >= 4 is 27.5 Å². The minimum Gasteiger partial charge on any atom is -0.480 e. The van der Waals surface area contributed by atoms with Gasteiger partial charge in [0.25, 0.3) is 5.56 Å². The third kappa shape index (κ3) is 3.07. The maximum Gasteiger partial charge on any atom is 0.332 e. The molecular formula is C17H20N2O5S. The van der Waals surface area contributed by atoms with Gasteiger partial charge >= 0.3 is 11.7 Å². The minimum atomic E-state index is -1.23. The van der Waals surface area contributed by atoms with Crippen LogP contribution in [0.4, 0.5) is 0 Å². The van der Waals surface area contributed by atoms with Crippen LogP contribution in [0.1, 0.15) is 31.2 Å². The number of hydrogen-bond acceptors (Lipinski definition) is 5. The molecule has 0 bridgehead atoms. The highest BCUT2D eigenvalue weighted by molar-refractivity contribution is 7.18. The zero-order chi connectivity index (χ0) is 18.5. The number of thiophene rings is 1. The summed E-state index contributed by atoms with van der Waals surface area (Å²) < 4.78 is 8.05. The summed E-state index contributed by atoms with van der Waals surface area (Å²) in [6.45, 7) is 9.46. The molecule has 0 unspecified atom stereocenters. The highest BCUT2D eigenvalue weighted by Crippen LogP contribution is 2.37. The van der Waals surface area contributed by atoms with Crippen LogP contribution >= 0.6 is 11.3 Å². The topological polar surface area (TPSA) is 90.5 Å². The first kappa shape index (κ1) is 17.6. The van der Waals surface area contributed by atoms with Gasteiger partial charge in [-0.2, -0.15) is 0 Å². The number of carboxylic acids is 1. The summed E-state index contributed by atoms with van der Waals surface area (Å²) in [6, 6.07) is 0. The molecule has 1 aliphatic heterocycles. The van der Waals surface area contributed by atoms with E-state index in [1.54, 1.807) is 6.92 Å². The lowest BCUT2D eigenvalue weighted by molar-refractivity contribution is -0.137. The van der Waals surface area contributed by atoms with Gasteiger partial charge in [-0.3, -0.25) is 14.2 Å². The van der Waals surface area contributed by atoms with Gasteiger partial charge in [-0.1, -0.05) is 12.2 Å². The molecule has 0 fully saturated rings. The lowest BCUT2D eigenvalue weighted by Gasteiger charge is -2.29. The standard InChI is InChI=1S/C17H20N2O5S/c1-9(2)6-19-15-13(14(22)18(16(19)23)7-12(20)21)10-5-17(3,4)24-8-11(10)25-15/h1,5-8H2,2-4H3,(H,20,21). The van der Waals surface area contributed by atoms with Gasteiger partial charge < -0.3 is 9.84 Å². The molecule has 7 nitrogen and oxygen atoms in total. The quantitative estimate of drug-likeness (QED) is 0.835. The van der Waals surface area contributed by atoms with Crippen molar-refractivity contribution in [1.82, 2.24) is 9.13 Å². The fraction of sp³-hybridized carbons (Fsp3) is 0.471. The number of carbonyl (C=O) groups is 1. The summed E-state index contributed by atoms with van der Waals surface area (Å²) in [5.74, 6) is -1.23. The van der Waals surface area contributed by atoms with E-state index in [1.807, 2.05) is 13.8 Å². The maximum absolute atomic E-state index is 12.9. The number of carboxylic acid groups (broad SMARTS) is 1. The number of rotatable bonds is 4. The molecule has 0 spiro atoms. The highest BCUT2D eigenvalue weighted by Gasteiger charge is 2.32. The lowest BCUT2D eigenvalue weighted by Crippen LogP contribution is -2.42. The van der Waals surface area contributed by atoms with E-state index in [9.17, 15) is 14.4 Å². The molecule has 0 saturated carbocycles. The summed E-state index contributed by atoms with van der Waals surface area (Å²) in [7, 11) is 0. The Hall–Kier alpha value is -2.19. The number of aliphatic carboxylic acids is 1. The van der Waals surface area contributed by atoms with Crippen molar-refractivity contribution in [2.45, 2.75) is 52.5 Å². The van der Waals surface area contributed by atoms with Crippen molar-refractivity contribution in [2.24, 2.45) is 0 Å². The average molecular weight is 364 g/mol. The third-order valence-corrected chi connectivity index (χ3v) is 5.38. The van der Waals surface area contributed by atoms with Gasteiger partial charge in [-0.05, 0) is 26.3 Å². The SMILES string of the molecule is C=C(C)Cn1c(=O)n(CC(=O)O)c(=O)c2c3c(sc21)COC(C)(C)C3. The molecule has 0 atom stereocenters. The summed E-state index contributed by atoms with van der Waals surface area (Å²) >= 11 is 1.36. The molecule has 1 aliphatic rings. The Balaban J connectivity index is 2.39. The molecule has 0 radical (unpaired) electrons. The van der Waals surface area contributed by atoms with Crippen molar-refractivity contribution in [3.8, 4) is 0 Å². The first-order valence-corrected chi connectivity index (χ1v) is 8.70. The average Bonchev–Trinajstić information content (AvgIpc) is 2.84. The predicted molar refractivity (Wildman–Crippen MR) is 95.4 cm³/mol. The van der Waals surface area contributed by atoms with E-state index in [0.717, 1.165) is 20.6 Å². The molecule has 2 aromatic heterocycles. The Kier molecular flexibility index (Phi) is 4.20. The molecule has 1 N–H and O–H groups in total. The van der Waals surface area contributed by atoms with Crippen molar-refractivity contribution in [3.05, 3.63) is 43.4 Å². The Bertz CT molecular complexity index is 1010. The molecule has 8 heteroatoms. The first-order chi connectivity index (χ1) is 11.6. The zero-order valence-electron chi connectivity index (χ0n) is 14.4. The van der Waals surface area contributed by atoms with E-state index in [0.29, 0.717) is 23.2 Å². The summed E-state index contributed by atoms with van der Waals surface area (Å²) in [5, 5.41) is 9.52. The van der Waals surface area contributed by atoms with Crippen molar-refractivity contribution < 1.29 is 14.6 Å². The Morgan fingerprint density at radius 2 is 2.00 bits per heavy atom. The van der Waals surface area contributed by atoms with Crippen molar-refractivity contribution in [2.75, 3.05) is 0 Å². The van der Waals surface area contributed by atoms with Crippen molar-refractivity contribution in [3.63, 3.8) is 0 Å². The van der Waals surface area contributed by atoms with Crippen LogP contribution in [-0.4, -0.2) is 25.8 Å². The van der Waals surface area contributed by atoms with Crippen LogP contribution in [0.3, 0.4) is 0 Å². The van der Waals surface area contributed by atoms with E-state index in [4.69, 9.17) is 9.84 Å². The molecule has 0 aliphatic carbocycles. The smallest absolute Gasteiger partial charge is 0.332 e. The number of fused-ring (bicyclic) bond motifs is 3. The van der Waals surface area contributed by atoms with Crippen LogP contribution < -0.4 is 11.2 Å². The molecule has 25 heavy (non-hydrogen) atoms. The first-order valence-electron chi connectivity index (χ1n) is 7.89. The normalized spacial score (nSPS) is 16.0. The number of ether oxygens (including phenoxy) is 1. The highest BCUT2D eigenvalue weighted by atomic mass is 32.1. The van der Waals surface area contributed by atoms with Crippen molar-refractivity contribution in [1.29, 1.82) is 0 Å². The van der Waals surface area contributed by atoms with Gasteiger partial charge in [-0.25, -0.2) is 9.36 Å². The maximum atomic E-state index is 12.9. The third-order valence-electron chi connectivity index (χ3n) is 4.16. The second kappa shape index (κ2) is 5.96. The summed E-state index contributed by atoms with van der Waals surface area (Å²) in [6.07, 6.45) is 0.538. The van der Waals surface area contributed by atoms with E-state index < -0.39 is 29.4 Å². The molecule has 0 amide bonds. The number of nitrogens with zero attached hydrogens (tertiary/aromatic N) is 2. The molecule has 0 saturated heterocycles. The van der Waals surface area contributed by atoms with Gasteiger partial charge in [0.05, 0.1) is 17.6 Å². The van der Waals surface area contributed by atoms with Crippen LogP contribution in [0.25, 0.3) is 10.2 Å².